The standard InChI is InChI=1S/C7H10N2.C6H5NO3/c1-9(2)7-3-5-8-6-4-7;8-6-3-1-5(2-4-6)7(9)10/h3-6H,1-2H3;1-4,8H. The zero-order chi connectivity index (χ0) is 14.3. The second-order valence-corrected chi connectivity index (χ2v) is 3.90. The van der Waals surface area contributed by atoms with E-state index in [2.05, 4.69) is 9.88 Å². The average Bonchev–Trinajstić information content (AvgIpc) is 2.41. The van der Waals surface area contributed by atoms with Crippen molar-refractivity contribution in [3.05, 3.63) is 58.9 Å². The Balaban J connectivity index is 0.000000191. The number of nitrogens with zero attached hydrogens (tertiary/aromatic N) is 2. The highest BCUT2D eigenvalue weighted by molar-refractivity contribution is 5.41. The SMILES string of the molecule is CN(C)c1cc[nH+]cc1.O=[N+]([O-])c1ccc([O-])cc1. The summed E-state index contributed by atoms with van der Waals surface area (Å²) in [6, 6.07) is 8.75. The molecule has 6 nitrogen and oxygen atoms in total. The van der Waals surface area contributed by atoms with Gasteiger partial charge in [-0.3, -0.25) is 10.1 Å². The van der Waals surface area contributed by atoms with Crippen LogP contribution in [0.2, 0.25) is 0 Å². The third-order valence-electron chi connectivity index (χ3n) is 2.26. The molecular formula is C13H15N3O3. The number of pyridine rings is 1. The zero-order valence-corrected chi connectivity index (χ0v) is 10.7. The Bertz CT molecular complexity index is 512. The topological polar surface area (TPSA) is 83.6 Å². The van der Waals surface area contributed by atoms with Crippen molar-refractivity contribution in [2.24, 2.45) is 0 Å². The monoisotopic (exact) mass is 261 g/mol. The lowest BCUT2D eigenvalue weighted by atomic mass is 10.3. The number of rotatable bonds is 2. The molecule has 0 bridgehead atoms. The first-order valence-corrected chi connectivity index (χ1v) is 5.55. The Hall–Kier alpha value is -2.63. The molecule has 1 aromatic carbocycles. The fourth-order valence-corrected chi connectivity index (χ4v) is 1.24. The molecule has 0 fully saturated rings. The molecule has 0 saturated carbocycles. The normalized spacial score (nSPS) is 9.16. The summed E-state index contributed by atoms with van der Waals surface area (Å²) in [5, 5.41) is 20.4. The predicted octanol–water partition coefficient (Wildman–Crippen LogP) is 1.24. The zero-order valence-electron chi connectivity index (χ0n) is 10.7. The smallest absolute Gasteiger partial charge is 0.269 e. The second kappa shape index (κ2) is 6.95. The first-order valence-electron chi connectivity index (χ1n) is 5.55. The van der Waals surface area contributed by atoms with Gasteiger partial charge in [0, 0.05) is 44.0 Å². The highest BCUT2D eigenvalue weighted by Gasteiger charge is 1.99. The van der Waals surface area contributed by atoms with Gasteiger partial charge in [-0.15, -0.1) is 5.75 Å². The minimum atomic E-state index is -0.542. The van der Waals surface area contributed by atoms with Crippen LogP contribution in [0.15, 0.2) is 48.8 Å². The Morgan fingerprint density at radius 1 is 1.05 bits per heavy atom. The fourth-order valence-electron chi connectivity index (χ4n) is 1.24. The summed E-state index contributed by atoms with van der Waals surface area (Å²) in [5.74, 6) is -0.217. The Morgan fingerprint density at radius 2 is 1.58 bits per heavy atom. The minimum Gasteiger partial charge on any atom is -0.872 e. The summed E-state index contributed by atoms with van der Waals surface area (Å²) in [6.45, 7) is 0. The van der Waals surface area contributed by atoms with E-state index in [1.165, 1.54) is 17.8 Å². The maximum absolute atomic E-state index is 10.4. The van der Waals surface area contributed by atoms with Gasteiger partial charge in [-0.1, -0.05) is 12.1 Å². The molecule has 1 heterocycles. The van der Waals surface area contributed by atoms with Gasteiger partial charge in [-0.05, 0) is 0 Å². The average molecular weight is 261 g/mol. The number of benzene rings is 1. The van der Waals surface area contributed by atoms with Crippen LogP contribution in [0.1, 0.15) is 0 Å². The molecule has 0 saturated heterocycles. The molecule has 1 aromatic heterocycles. The molecule has 0 aliphatic heterocycles. The number of nitrogens with one attached hydrogen (secondary N) is 1. The molecule has 2 rings (SSSR count). The van der Waals surface area contributed by atoms with E-state index in [1.807, 2.05) is 38.6 Å². The van der Waals surface area contributed by atoms with E-state index in [1.54, 1.807) is 0 Å². The Kier molecular flexibility index (Phi) is 5.28. The molecule has 0 spiro atoms. The lowest BCUT2D eigenvalue weighted by Crippen LogP contribution is -2.10. The van der Waals surface area contributed by atoms with Crippen molar-refractivity contribution in [2.75, 3.05) is 19.0 Å². The van der Waals surface area contributed by atoms with Crippen LogP contribution in [0.3, 0.4) is 0 Å². The van der Waals surface area contributed by atoms with Crippen LogP contribution in [-0.4, -0.2) is 19.0 Å². The second-order valence-electron chi connectivity index (χ2n) is 3.90. The number of aromatic nitrogens is 1. The van der Waals surface area contributed by atoms with Gasteiger partial charge in [0.05, 0.1) is 4.92 Å². The van der Waals surface area contributed by atoms with Gasteiger partial charge in [0.2, 0.25) is 0 Å². The number of H-pyrrole nitrogens is 1. The molecular weight excluding hydrogens is 246 g/mol. The molecule has 0 unspecified atom stereocenters. The first-order chi connectivity index (χ1) is 9.00. The summed E-state index contributed by atoms with van der Waals surface area (Å²) >= 11 is 0. The van der Waals surface area contributed by atoms with Crippen LogP contribution >= 0.6 is 0 Å². The number of hydrogen-bond donors (Lipinski definition) is 0. The van der Waals surface area contributed by atoms with Gasteiger partial charge in [0.25, 0.3) is 5.69 Å². The molecule has 100 valence electrons. The van der Waals surface area contributed by atoms with Crippen LogP contribution in [0.25, 0.3) is 0 Å². The van der Waals surface area contributed by atoms with Crippen molar-refractivity contribution in [1.82, 2.24) is 0 Å². The van der Waals surface area contributed by atoms with E-state index in [0.29, 0.717) is 0 Å². The third-order valence-corrected chi connectivity index (χ3v) is 2.26. The lowest BCUT2D eigenvalue weighted by Gasteiger charge is -2.08. The highest BCUT2D eigenvalue weighted by Crippen LogP contribution is 2.13. The van der Waals surface area contributed by atoms with Gasteiger partial charge < -0.3 is 10.0 Å². The predicted molar refractivity (Wildman–Crippen MR) is 69.9 cm³/mol. The van der Waals surface area contributed by atoms with Crippen molar-refractivity contribution < 1.29 is 15.0 Å². The minimum absolute atomic E-state index is 0.0559. The Morgan fingerprint density at radius 3 is 1.95 bits per heavy atom. The molecule has 0 atom stereocenters. The Labute approximate surface area is 111 Å². The van der Waals surface area contributed by atoms with E-state index in [9.17, 15) is 15.2 Å². The number of aromatic amines is 1. The molecule has 0 aliphatic carbocycles. The van der Waals surface area contributed by atoms with Crippen molar-refractivity contribution in [2.45, 2.75) is 0 Å². The summed E-state index contributed by atoms with van der Waals surface area (Å²) in [7, 11) is 4.05. The van der Waals surface area contributed by atoms with Gasteiger partial charge in [0.15, 0.2) is 12.4 Å². The van der Waals surface area contributed by atoms with Crippen LogP contribution in [-0.2, 0) is 0 Å². The van der Waals surface area contributed by atoms with Crippen LogP contribution < -0.4 is 15.0 Å². The van der Waals surface area contributed by atoms with E-state index < -0.39 is 4.92 Å². The lowest BCUT2D eigenvalue weighted by molar-refractivity contribution is -0.385. The van der Waals surface area contributed by atoms with E-state index >= 15 is 0 Å². The number of nitro groups is 1. The summed E-state index contributed by atoms with van der Waals surface area (Å²) in [4.78, 5) is 14.5. The molecule has 0 aliphatic rings. The van der Waals surface area contributed by atoms with Crippen LogP contribution in [0.5, 0.6) is 5.75 Å². The van der Waals surface area contributed by atoms with Gasteiger partial charge in [-0.2, -0.15) is 0 Å². The summed E-state index contributed by atoms with van der Waals surface area (Å²) in [6.07, 6.45) is 3.82. The highest BCUT2D eigenvalue weighted by atomic mass is 16.6. The number of nitro benzene ring substituents is 1. The van der Waals surface area contributed by atoms with Crippen molar-refractivity contribution >= 4 is 11.4 Å². The number of anilines is 1. The van der Waals surface area contributed by atoms with Gasteiger partial charge in [0.1, 0.15) is 0 Å². The van der Waals surface area contributed by atoms with E-state index in [4.69, 9.17) is 0 Å². The molecule has 0 radical (unpaired) electrons. The third kappa shape index (κ3) is 5.03. The fraction of sp³-hybridized carbons (Fsp3) is 0.154. The van der Waals surface area contributed by atoms with Gasteiger partial charge >= 0.3 is 0 Å². The van der Waals surface area contributed by atoms with Crippen molar-refractivity contribution in [1.29, 1.82) is 0 Å². The molecule has 6 heteroatoms. The summed E-state index contributed by atoms with van der Waals surface area (Å²) < 4.78 is 0. The summed E-state index contributed by atoms with van der Waals surface area (Å²) in [5.41, 5.74) is 1.16. The molecule has 1 N–H and O–H groups in total. The molecule has 19 heavy (non-hydrogen) atoms. The van der Waals surface area contributed by atoms with Crippen molar-refractivity contribution in [3.63, 3.8) is 0 Å². The first kappa shape index (κ1) is 14.4. The molecule has 0 amide bonds. The van der Waals surface area contributed by atoms with Crippen molar-refractivity contribution in [3.8, 4) is 5.75 Å². The molecule has 2 aromatic rings. The quantitative estimate of drug-likeness (QED) is 0.601. The maximum Gasteiger partial charge on any atom is 0.269 e. The van der Waals surface area contributed by atoms with E-state index in [0.717, 1.165) is 12.1 Å². The van der Waals surface area contributed by atoms with E-state index in [-0.39, 0.29) is 11.4 Å². The number of hydrogen-bond acceptors (Lipinski definition) is 4. The maximum atomic E-state index is 10.4. The number of non-ortho nitro benzene ring substituents is 1. The van der Waals surface area contributed by atoms with Crippen LogP contribution in [0, 0.1) is 10.1 Å². The largest absolute Gasteiger partial charge is 0.872 e. The van der Waals surface area contributed by atoms with Gasteiger partial charge in [-0.25, -0.2) is 4.98 Å². The van der Waals surface area contributed by atoms with Crippen LogP contribution in [0.4, 0.5) is 11.4 Å².